The standard InChI is InChI=1S/C24H25FN4O3S/c1-2-26-23(31)22-18(13-30)17-11-28-19(21(17)29(22)12-20-27-8-9-33-20)7-6-16(24(28)32)14-4-3-5-15(25)10-14/h3-10,17-18,21-22,30H,2,11-13H2,1H3,(H,26,31)/t17-,18-,21+,22-/m0/s1. The lowest BCUT2D eigenvalue weighted by Crippen LogP contribution is -2.48. The van der Waals surface area contributed by atoms with E-state index in [0.717, 1.165) is 10.7 Å². The lowest BCUT2D eigenvalue weighted by Gasteiger charge is -2.30. The summed E-state index contributed by atoms with van der Waals surface area (Å²) in [4.78, 5) is 32.9. The number of thiazole rings is 1. The van der Waals surface area contributed by atoms with Gasteiger partial charge in [-0.2, -0.15) is 0 Å². The Labute approximate surface area is 194 Å². The van der Waals surface area contributed by atoms with Gasteiger partial charge in [0.1, 0.15) is 10.8 Å². The molecule has 2 aliphatic rings. The summed E-state index contributed by atoms with van der Waals surface area (Å²) in [6.45, 7) is 3.07. The monoisotopic (exact) mass is 468 g/mol. The Kier molecular flexibility index (Phi) is 5.86. The molecule has 0 aliphatic carbocycles. The Bertz CT molecular complexity index is 1230. The van der Waals surface area contributed by atoms with Crippen molar-refractivity contribution in [2.75, 3.05) is 13.2 Å². The highest BCUT2D eigenvalue weighted by Gasteiger charge is 2.55. The molecule has 172 valence electrons. The molecule has 0 spiro atoms. The van der Waals surface area contributed by atoms with Crippen LogP contribution in [0.2, 0.25) is 0 Å². The zero-order chi connectivity index (χ0) is 23.1. The Hall–Kier alpha value is -2.88. The molecular weight excluding hydrogens is 443 g/mol. The molecule has 1 amide bonds. The number of aromatic nitrogens is 2. The second-order valence-corrected chi connectivity index (χ2v) is 9.47. The molecule has 1 saturated heterocycles. The number of nitrogens with zero attached hydrogens (tertiary/aromatic N) is 3. The Morgan fingerprint density at radius 2 is 2.18 bits per heavy atom. The van der Waals surface area contributed by atoms with Gasteiger partial charge >= 0.3 is 0 Å². The van der Waals surface area contributed by atoms with Crippen LogP contribution in [0.15, 0.2) is 52.8 Å². The van der Waals surface area contributed by atoms with Gasteiger partial charge in [0.25, 0.3) is 5.56 Å². The molecule has 0 unspecified atom stereocenters. The fourth-order valence-corrected chi connectivity index (χ4v) is 6.05. The number of carbonyl (C=O) groups is 1. The van der Waals surface area contributed by atoms with Gasteiger partial charge in [0.2, 0.25) is 5.91 Å². The van der Waals surface area contributed by atoms with Crippen LogP contribution < -0.4 is 10.9 Å². The number of halogens is 1. The summed E-state index contributed by atoms with van der Waals surface area (Å²) in [5.74, 6) is -0.932. The van der Waals surface area contributed by atoms with Crippen molar-refractivity contribution in [3.05, 3.63) is 74.8 Å². The predicted octanol–water partition coefficient (Wildman–Crippen LogP) is 2.41. The quantitative estimate of drug-likeness (QED) is 0.580. The van der Waals surface area contributed by atoms with Crippen molar-refractivity contribution in [1.29, 1.82) is 0 Å². The van der Waals surface area contributed by atoms with Crippen LogP contribution in [-0.4, -0.2) is 44.7 Å². The number of likely N-dealkylation sites (tertiary alicyclic amines) is 1. The molecule has 0 bridgehead atoms. The highest BCUT2D eigenvalue weighted by Crippen LogP contribution is 2.50. The van der Waals surface area contributed by atoms with Crippen LogP contribution >= 0.6 is 11.3 Å². The van der Waals surface area contributed by atoms with Crippen molar-refractivity contribution in [3.8, 4) is 11.1 Å². The van der Waals surface area contributed by atoms with Gasteiger partial charge < -0.3 is 15.0 Å². The smallest absolute Gasteiger partial charge is 0.258 e. The van der Waals surface area contributed by atoms with E-state index in [1.807, 2.05) is 18.4 Å². The van der Waals surface area contributed by atoms with E-state index in [1.165, 1.54) is 23.5 Å². The van der Waals surface area contributed by atoms with Gasteiger partial charge in [-0.3, -0.25) is 14.5 Å². The maximum absolute atomic E-state index is 13.8. The van der Waals surface area contributed by atoms with Crippen LogP contribution in [0.5, 0.6) is 0 Å². The second kappa shape index (κ2) is 8.81. The van der Waals surface area contributed by atoms with Gasteiger partial charge in [0, 0.05) is 54.4 Å². The Balaban J connectivity index is 1.59. The van der Waals surface area contributed by atoms with E-state index < -0.39 is 11.9 Å². The summed E-state index contributed by atoms with van der Waals surface area (Å²) in [6.07, 6.45) is 1.73. The number of amides is 1. The summed E-state index contributed by atoms with van der Waals surface area (Å²) in [5.41, 5.74) is 1.59. The number of pyridine rings is 1. The molecular formula is C24H25FN4O3S. The number of aliphatic hydroxyl groups is 1. The molecule has 0 radical (unpaired) electrons. The van der Waals surface area contributed by atoms with Crippen LogP contribution in [0.1, 0.15) is 23.7 Å². The lowest BCUT2D eigenvalue weighted by molar-refractivity contribution is -0.127. The normalized spacial score (nSPS) is 24.0. The van der Waals surface area contributed by atoms with E-state index in [0.29, 0.717) is 30.8 Å². The number of hydrogen-bond donors (Lipinski definition) is 2. The minimum Gasteiger partial charge on any atom is -0.396 e. The van der Waals surface area contributed by atoms with Gasteiger partial charge in [-0.1, -0.05) is 12.1 Å². The number of rotatable bonds is 6. The van der Waals surface area contributed by atoms with E-state index in [1.54, 1.807) is 29.0 Å². The number of fused-ring (bicyclic) bond motifs is 3. The first-order valence-corrected chi connectivity index (χ1v) is 11.9. The van der Waals surface area contributed by atoms with E-state index in [2.05, 4.69) is 15.2 Å². The molecule has 4 atom stereocenters. The van der Waals surface area contributed by atoms with Crippen molar-refractivity contribution in [2.24, 2.45) is 11.8 Å². The van der Waals surface area contributed by atoms with Gasteiger partial charge in [-0.25, -0.2) is 9.37 Å². The van der Waals surface area contributed by atoms with Crippen molar-refractivity contribution in [2.45, 2.75) is 32.1 Å². The molecule has 33 heavy (non-hydrogen) atoms. The second-order valence-electron chi connectivity index (χ2n) is 8.49. The topological polar surface area (TPSA) is 87.5 Å². The van der Waals surface area contributed by atoms with Gasteiger partial charge in [0.05, 0.1) is 18.6 Å². The SMILES string of the molecule is CCNC(=O)[C@@H]1[C@@H](CO)[C@@H]2Cn3c(ccc(-c4cccc(F)c4)c3=O)[C@@H]2N1Cc1nccs1. The van der Waals surface area contributed by atoms with E-state index >= 15 is 0 Å². The van der Waals surface area contributed by atoms with E-state index in [9.17, 15) is 19.1 Å². The highest BCUT2D eigenvalue weighted by atomic mass is 32.1. The minimum atomic E-state index is -0.513. The number of likely N-dealkylation sites (N-methyl/N-ethyl adjacent to an activating group) is 1. The Morgan fingerprint density at radius 3 is 2.88 bits per heavy atom. The summed E-state index contributed by atoms with van der Waals surface area (Å²) in [7, 11) is 0. The summed E-state index contributed by atoms with van der Waals surface area (Å²) < 4.78 is 15.5. The van der Waals surface area contributed by atoms with Crippen LogP contribution in [0.4, 0.5) is 4.39 Å². The largest absolute Gasteiger partial charge is 0.396 e. The molecule has 2 aromatic heterocycles. The first kappa shape index (κ1) is 21.9. The third-order valence-electron chi connectivity index (χ3n) is 6.75. The summed E-state index contributed by atoms with van der Waals surface area (Å²) in [6, 6.07) is 8.94. The van der Waals surface area contributed by atoms with Gasteiger partial charge in [-0.05, 0) is 36.8 Å². The molecule has 1 fully saturated rings. The lowest BCUT2D eigenvalue weighted by atomic mass is 9.88. The number of nitrogens with one attached hydrogen (secondary N) is 1. The number of aliphatic hydroxyl groups excluding tert-OH is 1. The zero-order valence-corrected chi connectivity index (χ0v) is 19.0. The molecule has 3 aromatic rings. The van der Waals surface area contributed by atoms with Crippen molar-refractivity contribution >= 4 is 17.2 Å². The van der Waals surface area contributed by atoms with Crippen LogP contribution in [0.3, 0.4) is 0 Å². The highest BCUT2D eigenvalue weighted by molar-refractivity contribution is 7.09. The minimum absolute atomic E-state index is 0.0990. The van der Waals surface area contributed by atoms with Gasteiger partial charge in [-0.15, -0.1) is 11.3 Å². The van der Waals surface area contributed by atoms with E-state index in [-0.39, 0.29) is 36.0 Å². The Morgan fingerprint density at radius 1 is 1.33 bits per heavy atom. The molecule has 9 heteroatoms. The molecule has 1 aromatic carbocycles. The molecule has 2 aliphatic heterocycles. The summed E-state index contributed by atoms with van der Waals surface area (Å²) >= 11 is 1.51. The molecule has 5 rings (SSSR count). The van der Waals surface area contributed by atoms with Crippen molar-refractivity contribution in [1.82, 2.24) is 19.8 Å². The maximum atomic E-state index is 13.8. The van der Waals surface area contributed by atoms with Crippen LogP contribution in [-0.2, 0) is 17.9 Å². The zero-order valence-electron chi connectivity index (χ0n) is 18.1. The third kappa shape index (κ3) is 3.70. The van der Waals surface area contributed by atoms with Crippen molar-refractivity contribution in [3.63, 3.8) is 0 Å². The first-order chi connectivity index (χ1) is 16.0. The average molecular weight is 469 g/mol. The predicted molar refractivity (Wildman–Crippen MR) is 123 cm³/mol. The third-order valence-corrected chi connectivity index (χ3v) is 7.51. The average Bonchev–Trinajstić information content (AvgIpc) is 3.50. The fraction of sp³-hybridized carbons (Fsp3) is 0.375. The molecule has 7 nitrogen and oxygen atoms in total. The van der Waals surface area contributed by atoms with Crippen LogP contribution in [0.25, 0.3) is 11.1 Å². The van der Waals surface area contributed by atoms with Gasteiger partial charge in [0.15, 0.2) is 0 Å². The van der Waals surface area contributed by atoms with E-state index in [4.69, 9.17) is 0 Å². The number of hydrogen-bond acceptors (Lipinski definition) is 6. The summed E-state index contributed by atoms with van der Waals surface area (Å²) in [5, 5.41) is 16.0. The van der Waals surface area contributed by atoms with Crippen LogP contribution in [0, 0.1) is 17.7 Å². The maximum Gasteiger partial charge on any atom is 0.258 e. The van der Waals surface area contributed by atoms with Crippen molar-refractivity contribution < 1.29 is 14.3 Å². The first-order valence-electron chi connectivity index (χ1n) is 11.1. The molecule has 4 heterocycles. The molecule has 2 N–H and O–H groups in total. The fourth-order valence-electron chi connectivity index (χ4n) is 5.43. The number of benzene rings is 1. The molecule has 0 saturated carbocycles. The number of carbonyl (C=O) groups excluding carboxylic acids is 1.